The third-order valence-electron chi connectivity index (χ3n) is 13.6. The Morgan fingerprint density at radius 1 is 0.410 bits per heavy atom. The van der Waals surface area contributed by atoms with Gasteiger partial charge in [-0.2, -0.15) is 0 Å². The van der Waals surface area contributed by atoms with Crippen LogP contribution in [-0.2, 0) is 10.8 Å². The number of para-hydroxylation sites is 2. The van der Waals surface area contributed by atoms with Crippen LogP contribution in [0, 0.1) is 0 Å². The van der Waals surface area contributed by atoms with Crippen LogP contribution in [-0.4, -0.2) is 13.8 Å². The molecular formula is C57H44N4. The van der Waals surface area contributed by atoms with Crippen molar-refractivity contribution in [2.24, 2.45) is 0 Å². The molecule has 5 heterocycles. The first-order valence-electron chi connectivity index (χ1n) is 21.6. The van der Waals surface area contributed by atoms with Crippen molar-refractivity contribution in [1.82, 2.24) is 13.8 Å². The third-order valence-corrected chi connectivity index (χ3v) is 13.6. The highest BCUT2D eigenvalue weighted by Gasteiger charge is 2.31. The number of benzene rings is 8. The van der Waals surface area contributed by atoms with Crippen molar-refractivity contribution in [3.8, 4) is 0 Å². The molecule has 4 heteroatoms. The molecule has 0 N–H and O–H groups in total. The quantitative estimate of drug-likeness (QED) is 0.178. The van der Waals surface area contributed by atoms with Crippen LogP contribution in [0.3, 0.4) is 0 Å². The predicted octanol–water partition coefficient (Wildman–Crippen LogP) is 15.8. The van der Waals surface area contributed by atoms with E-state index in [2.05, 4.69) is 213 Å². The van der Waals surface area contributed by atoms with Gasteiger partial charge in [-0.3, -0.25) is 4.40 Å². The Morgan fingerprint density at radius 3 is 1.62 bits per heavy atom. The largest absolute Gasteiger partial charge is 0.308 e. The topological polar surface area (TPSA) is 24.9 Å². The van der Waals surface area contributed by atoms with Crippen molar-refractivity contribution in [2.45, 2.75) is 52.4 Å². The summed E-state index contributed by atoms with van der Waals surface area (Å²) in [4.78, 5) is 8.03. The molecule has 0 bridgehead atoms. The van der Waals surface area contributed by atoms with E-state index in [9.17, 15) is 0 Å². The first-order chi connectivity index (χ1) is 29.6. The zero-order valence-corrected chi connectivity index (χ0v) is 35.3. The van der Waals surface area contributed by atoms with Gasteiger partial charge in [0.15, 0.2) is 0 Å². The number of fused-ring (bicyclic) bond motifs is 17. The SMILES string of the molecule is CC(C)(C)c1ccc2c(c1)c1cc3ccccc3c3c4c5c6cc7ccccc7c7c8cc(C(C)(C)C)cc(N(c9ccccc9)c9ccccc9)c8n(c5cnc4n2c13)c67. The number of aromatic nitrogens is 3. The van der Waals surface area contributed by atoms with E-state index < -0.39 is 0 Å². The molecular weight excluding hydrogens is 741 g/mol. The summed E-state index contributed by atoms with van der Waals surface area (Å²) in [7, 11) is 0. The standard InChI is InChI=1S/C57H44N4/c1-56(2,3)35-25-26-45-41(29-35)42-27-33-17-14-16-24-40(33)50-51-49-43-28-34-18-13-15-23-39(34)48-44-30-36(57(4,5)6)31-46(59(37-19-9-7-10-20-37)38-21-11-8-12-22-38)52(44)60(54(43)48)47(49)32-58-55(51)61(45)53(42)50/h7-32H,1-6H3. The molecule has 0 amide bonds. The number of anilines is 3. The minimum Gasteiger partial charge on any atom is -0.308 e. The number of pyridine rings is 1. The Morgan fingerprint density at radius 2 is 0.967 bits per heavy atom. The zero-order chi connectivity index (χ0) is 41.1. The summed E-state index contributed by atoms with van der Waals surface area (Å²) in [6, 6.07) is 56.5. The van der Waals surface area contributed by atoms with E-state index in [-0.39, 0.29) is 10.8 Å². The molecule has 0 unspecified atom stereocenters. The molecule has 0 aliphatic rings. The Bertz CT molecular complexity index is 3890. The summed E-state index contributed by atoms with van der Waals surface area (Å²) in [6.07, 6.45) is 2.17. The number of hydrogen-bond donors (Lipinski definition) is 0. The average molecular weight is 785 g/mol. The van der Waals surface area contributed by atoms with Gasteiger partial charge in [0.05, 0.1) is 39.5 Å². The first kappa shape index (κ1) is 34.7. The summed E-state index contributed by atoms with van der Waals surface area (Å²) < 4.78 is 5.03. The zero-order valence-electron chi connectivity index (χ0n) is 35.3. The maximum atomic E-state index is 5.57. The lowest BCUT2D eigenvalue weighted by Crippen LogP contribution is -2.15. The summed E-state index contributed by atoms with van der Waals surface area (Å²) >= 11 is 0. The molecule has 0 aliphatic carbocycles. The molecule has 8 aromatic carbocycles. The summed E-state index contributed by atoms with van der Waals surface area (Å²) in [5, 5.41) is 15.2. The van der Waals surface area contributed by atoms with Crippen molar-refractivity contribution in [3.05, 3.63) is 169 Å². The Balaban J connectivity index is 1.29. The summed E-state index contributed by atoms with van der Waals surface area (Å²) in [5.74, 6) is 0. The van der Waals surface area contributed by atoms with Gasteiger partial charge in [0, 0.05) is 54.5 Å². The van der Waals surface area contributed by atoms with Crippen molar-refractivity contribution >= 4 is 115 Å². The monoisotopic (exact) mass is 784 g/mol. The molecule has 0 atom stereocenters. The lowest BCUT2D eigenvalue weighted by molar-refractivity contribution is 0.591. The molecule has 292 valence electrons. The highest BCUT2D eigenvalue weighted by atomic mass is 15.2. The van der Waals surface area contributed by atoms with Crippen LogP contribution in [0.15, 0.2) is 158 Å². The highest BCUT2D eigenvalue weighted by molar-refractivity contribution is 6.41. The van der Waals surface area contributed by atoms with Crippen molar-refractivity contribution in [3.63, 3.8) is 0 Å². The molecule has 0 fully saturated rings. The van der Waals surface area contributed by atoms with Crippen LogP contribution in [0.1, 0.15) is 52.7 Å². The fourth-order valence-corrected chi connectivity index (χ4v) is 10.7. The smallest absolute Gasteiger partial charge is 0.146 e. The van der Waals surface area contributed by atoms with E-state index in [1.807, 2.05) is 0 Å². The van der Waals surface area contributed by atoms with Gasteiger partial charge in [-0.1, -0.05) is 133 Å². The van der Waals surface area contributed by atoms with Crippen LogP contribution < -0.4 is 4.90 Å². The fraction of sp³-hybridized carbons (Fsp3) is 0.140. The Hall–Kier alpha value is -7.17. The first-order valence-corrected chi connectivity index (χ1v) is 21.6. The van der Waals surface area contributed by atoms with Crippen molar-refractivity contribution < 1.29 is 0 Å². The van der Waals surface area contributed by atoms with Gasteiger partial charge < -0.3 is 9.30 Å². The van der Waals surface area contributed by atoms with E-state index in [1.54, 1.807) is 0 Å². The maximum Gasteiger partial charge on any atom is 0.146 e. The van der Waals surface area contributed by atoms with Crippen LogP contribution in [0.4, 0.5) is 17.1 Å². The van der Waals surface area contributed by atoms with Gasteiger partial charge in [0.2, 0.25) is 0 Å². The molecule has 4 nitrogen and oxygen atoms in total. The molecule has 13 rings (SSSR count). The van der Waals surface area contributed by atoms with Gasteiger partial charge in [0.25, 0.3) is 0 Å². The van der Waals surface area contributed by atoms with Crippen LogP contribution in [0.5, 0.6) is 0 Å². The molecule has 0 radical (unpaired) electrons. The molecule has 0 aliphatic heterocycles. The van der Waals surface area contributed by atoms with Gasteiger partial charge in [-0.15, -0.1) is 0 Å². The second kappa shape index (κ2) is 11.8. The minimum atomic E-state index is -0.0993. The average Bonchev–Trinajstić information content (AvgIpc) is 3.99. The van der Waals surface area contributed by atoms with E-state index in [0.717, 1.165) is 28.2 Å². The van der Waals surface area contributed by atoms with E-state index >= 15 is 0 Å². The number of nitrogens with zero attached hydrogens (tertiary/aromatic N) is 4. The normalized spacial score (nSPS) is 13.1. The second-order valence-electron chi connectivity index (χ2n) is 19.3. The summed E-state index contributed by atoms with van der Waals surface area (Å²) in [5.41, 5.74) is 13.0. The summed E-state index contributed by atoms with van der Waals surface area (Å²) in [6.45, 7) is 13.9. The van der Waals surface area contributed by atoms with Gasteiger partial charge >= 0.3 is 0 Å². The fourth-order valence-electron chi connectivity index (χ4n) is 10.7. The van der Waals surface area contributed by atoms with Crippen LogP contribution in [0.2, 0.25) is 0 Å². The Kier molecular flexibility index (Phi) is 6.69. The van der Waals surface area contributed by atoms with Crippen LogP contribution in [0.25, 0.3) is 97.9 Å². The number of rotatable bonds is 3. The maximum absolute atomic E-state index is 5.57. The minimum absolute atomic E-state index is 0.0319. The molecule has 0 saturated carbocycles. The van der Waals surface area contributed by atoms with Crippen LogP contribution >= 0.6 is 0 Å². The van der Waals surface area contributed by atoms with E-state index in [1.165, 1.54) is 97.8 Å². The lowest BCUT2D eigenvalue weighted by atomic mass is 9.85. The van der Waals surface area contributed by atoms with Gasteiger partial charge in [-0.05, 0) is 104 Å². The number of hydrogen-bond acceptors (Lipinski definition) is 2. The predicted molar refractivity (Wildman–Crippen MR) is 261 cm³/mol. The van der Waals surface area contributed by atoms with Gasteiger partial charge in [0.1, 0.15) is 5.65 Å². The van der Waals surface area contributed by atoms with E-state index in [4.69, 9.17) is 4.98 Å². The lowest BCUT2D eigenvalue weighted by Gasteiger charge is -2.29. The highest BCUT2D eigenvalue weighted by Crippen LogP contribution is 2.52. The van der Waals surface area contributed by atoms with Crippen molar-refractivity contribution in [2.75, 3.05) is 4.90 Å². The van der Waals surface area contributed by atoms with E-state index in [0.29, 0.717) is 0 Å². The molecule has 0 saturated heterocycles. The Labute approximate surface area is 353 Å². The molecule has 5 aromatic heterocycles. The second-order valence-corrected chi connectivity index (χ2v) is 19.3. The molecule has 61 heavy (non-hydrogen) atoms. The molecule has 13 aromatic rings. The van der Waals surface area contributed by atoms with Gasteiger partial charge in [-0.25, -0.2) is 4.98 Å². The third kappa shape index (κ3) is 4.57. The molecule has 0 spiro atoms. The van der Waals surface area contributed by atoms with Crippen molar-refractivity contribution in [1.29, 1.82) is 0 Å².